The second-order valence-corrected chi connectivity index (χ2v) is 5.13. The SMILES string of the molecule is COC(=O)c1ccccc1NC(=O)[C@H]1CCCN(C)C1. The average Bonchev–Trinajstić information content (AvgIpc) is 2.47. The summed E-state index contributed by atoms with van der Waals surface area (Å²) in [6.07, 6.45) is 1.91. The molecule has 1 saturated heterocycles. The molecule has 108 valence electrons. The van der Waals surface area contributed by atoms with Crippen molar-refractivity contribution in [2.24, 2.45) is 5.92 Å². The van der Waals surface area contributed by atoms with E-state index in [-0.39, 0.29) is 11.8 Å². The van der Waals surface area contributed by atoms with E-state index in [4.69, 9.17) is 4.74 Å². The van der Waals surface area contributed by atoms with Crippen LogP contribution in [0.4, 0.5) is 5.69 Å². The van der Waals surface area contributed by atoms with E-state index in [1.54, 1.807) is 24.3 Å². The molecular formula is C15H20N2O3. The van der Waals surface area contributed by atoms with Crippen LogP contribution in [-0.2, 0) is 9.53 Å². The third kappa shape index (κ3) is 3.36. The van der Waals surface area contributed by atoms with Crippen LogP contribution < -0.4 is 5.32 Å². The Kier molecular flexibility index (Phi) is 4.74. The van der Waals surface area contributed by atoms with Gasteiger partial charge in [0.15, 0.2) is 0 Å². The lowest BCUT2D eigenvalue weighted by molar-refractivity contribution is -0.121. The van der Waals surface area contributed by atoms with Gasteiger partial charge in [0.2, 0.25) is 5.91 Å². The summed E-state index contributed by atoms with van der Waals surface area (Å²) < 4.78 is 4.72. The highest BCUT2D eigenvalue weighted by molar-refractivity contribution is 6.01. The van der Waals surface area contributed by atoms with Crippen LogP contribution in [0.25, 0.3) is 0 Å². The van der Waals surface area contributed by atoms with Crippen molar-refractivity contribution in [1.29, 1.82) is 0 Å². The zero-order valence-corrected chi connectivity index (χ0v) is 11.9. The van der Waals surface area contributed by atoms with E-state index in [9.17, 15) is 9.59 Å². The first-order chi connectivity index (χ1) is 9.61. The summed E-state index contributed by atoms with van der Waals surface area (Å²) in [6.45, 7) is 1.79. The zero-order chi connectivity index (χ0) is 14.5. The summed E-state index contributed by atoms with van der Waals surface area (Å²) in [5, 5.41) is 2.85. The molecule has 0 unspecified atom stereocenters. The van der Waals surface area contributed by atoms with Gasteiger partial charge in [0.1, 0.15) is 0 Å². The number of likely N-dealkylation sites (tertiary alicyclic amines) is 1. The minimum absolute atomic E-state index is 0.0283. The minimum Gasteiger partial charge on any atom is -0.465 e. The number of anilines is 1. The number of nitrogens with zero attached hydrogens (tertiary/aromatic N) is 1. The Morgan fingerprint density at radius 3 is 2.80 bits per heavy atom. The molecule has 0 saturated carbocycles. The number of amides is 1. The summed E-state index contributed by atoms with van der Waals surface area (Å²) in [4.78, 5) is 26.1. The van der Waals surface area contributed by atoms with Crippen molar-refractivity contribution in [2.45, 2.75) is 12.8 Å². The maximum Gasteiger partial charge on any atom is 0.339 e. The molecule has 0 bridgehead atoms. The molecule has 1 amide bonds. The lowest BCUT2D eigenvalue weighted by Gasteiger charge is -2.28. The maximum atomic E-state index is 12.3. The normalized spacial score (nSPS) is 19.4. The van der Waals surface area contributed by atoms with E-state index in [2.05, 4.69) is 10.2 Å². The standard InChI is InChI=1S/C15H20N2O3/c1-17-9-5-6-11(10-17)14(18)16-13-8-4-3-7-12(13)15(19)20-2/h3-4,7-8,11H,5-6,9-10H2,1-2H3,(H,16,18)/t11-/m0/s1. The molecule has 1 aromatic rings. The molecule has 0 aliphatic carbocycles. The number of nitrogens with one attached hydrogen (secondary N) is 1. The Morgan fingerprint density at radius 2 is 2.10 bits per heavy atom. The van der Waals surface area contributed by atoms with E-state index in [1.807, 2.05) is 7.05 Å². The number of hydrogen-bond acceptors (Lipinski definition) is 4. The molecular weight excluding hydrogens is 256 g/mol. The quantitative estimate of drug-likeness (QED) is 0.855. The van der Waals surface area contributed by atoms with Crippen LogP contribution in [0.2, 0.25) is 0 Å². The molecule has 1 aliphatic rings. The highest BCUT2D eigenvalue weighted by Gasteiger charge is 2.25. The first kappa shape index (κ1) is 14.5. The number of rotatable bonds is 3. The van der Waals surface area contributed by atoms with Crippen LogP contribution in [0.3, 0.4) is 0 Å². The molecule has 0 aromatic heterocycles. The Hall–Kier alpha value is -1.88. The fourth-order valence-electron chi connectivity index (χ4n) is 2.50. The Morgan fingerprint density at radius 1 is 1.35 bits per heavy atom. The molecule has 5 nitrogen and oxygen atoms in total. The van der Waals surface area contributed by atoms with Crippen LogP contribution in [0, 0.1) is 5.92 Å². The van der Waals surface area contributed by atoms with Gasteiger partial charge < -0.3 is 15.0 Å². The number of carbonyl (C=O) groups excluding carboxylic acids is 2. The van der Waals surface area contributed by atoms with Gasteiger partial charge in [-0.05, 0) is 38.6 Å². The second-order valence-electron chi connectivity index (χ2n) is 5.13. The van der Waals surface area contributed by atoms with Crippen LogP contribution >= 0.6 is 0 Å². The first-order valence-corrected chi connectivity index (χ1v) is 6.78. The number of ether oxygens (including phenoxy) is 1. The Balaban J connectivity index is 2.09. The van der Waals surface area contributed by atoms with Gasteiger partial charge in [0.05, 0.1) is 24.3 Å². The summed E-state index contributed by atoms with van der Waals surface area (Å²) in [7, 11) is 3.35. The van der Waals surface area contributed by atoms with Gasteiger partial charge in [0, 0.05) is 6.54 Å². The number of esters is 1. The molecule has 1 aliphatic heterocycles. The number of methoxy groups -OCH3 is 1. The number of hydrogen-bond donors (Lipinski definition) is 1. The van der Waals surface area contributed by atoms with Crippen molar-refractivity contribution < 1.29 is 14.3 Å². The molecule has 1 N–H and O–H groups in total. The topological polar surface area (TPSA) is 58.6 Å². The van der Waals surface area contributed by atoms with E-state index in [0.29, 0.717) is 11.3 Å². The van der Waals surface area contributed by atoms with Gasteiger partial charge in [-0.1, -0.05) is 12.1 Å². The molecule has 1 atom stereocenters. The van der Waals surface area contributed by atoms with Crippen molar-refractivity contribution in [3.8, 4) is 0 Å². The van der Waals surface area contributed by atoms with Gasteiger partial charge >= 0.3 is 5.97 Å². The molecule has 2 rings (SSSR count). The van der Waals surface area contributed by atoms with Gasteiger partial charge in [0.25, 0.3) is 0 Å². The molecule has 0 radical (unpaired) electrons. The minimum atomic E-state index is -0.443. The van der Waals surface area contributed by atoms with E-state index in [1.165, 1.54) is 7.11 Å². The van der Waals surface area contributed by atoms with Crippen LogP contribution in [0.15, 0.2) is 24.3 Å². The average molecular weight is 276 g/mol. The summed E-state index contributed by atoms with van der Waals surface area (Å²) in [6, 6.07) is 6.90. The molecule has 0 spiro atoms. The highest BCUT2D eigenvalue weighted by Crippen LogP contribution is 2.20. The smallest absolute Gasteiger partial charge is 0.339 e. The monoisotopic (exact) mass is 276 g/mol. The van der Waals surface area contributed by atoms with Crippen LogP contribution in [0.1, 0.15) is 23.2 Å². The third-order valence-electron chi connectivity index (χ3n) is 3.59. The summed E-state index contributed by atoms with van der Waals surface area (Å²) >= 11 is 0. The lowest BCUT2D eigenvalue weighted by Crippen LogP contribution is -2.38. The first-order valence-electron chi connectivity index (χ1n) is 6.78. The van der Waals surface area contributed by atoms with Crippen LogP contribution in [-0.4, -0.2) is 44.0 Å². The predicted molar refractivity (Wildman–Crippen MR) is 76.6 cm³/mol. The Bertz CT molecular complexity index is 502. The summed E-state index contributed by atoms with van der Waals surface area (Å²) in [5.74, 6) is -0.506. The maximum absolute atomic E-state index is 12.3. The van der Waals surface area contributed by atoms with Gasteiger partial charge in [-0.15, -0.1) is 0 Å². The number of carbonyl (C=O) groups is 2. The number of piperidine rings is 1. The van der Waals surface area contributed by atoms with Gasteiger partial charge in [-0.25, -0.2) is 4.79 Å². The zero-order valence-electron chi connectivity index (χ0n) is 11.9. The van der Waals surface area contributed by atoms with E-state index < -0.39 is 5.97 Å². The van der Waals surface area contributed by atoms with Gasteiger partial charge in [-0.3, -0.25) is 4.79 Å². The number of para-hydroxylation sites is 1. The fourth-order valence-corrected chi connectivity index (χ4v) is 2.50. The van der Waals surface area contributed by atoms with Crippen molar-refractivity contribution in [3.63, 3.8) is 0 Å². The van der Waals surface area contributed by atoms with Crippen LogP contribution in [0.5, 0.6) is 0 Å². The summed E-state index contributed by atoms with van der Waals surface area (Å²) in [5.41, 5.74) is 0.894. The third-order valence-corrected chi connectivity index (χ3v) is 3.59. The van der Waals surface area contributed by atoms with E-state index >= 15 is 0 Å². The molecule has 1 aromatic carbocycles. The fraction of sp³-hybridized carbons (Fsp3) is 0.467. The molecule has 20 heavy (non-hydrogen) atoms. The van der Waals surface area contributed by atoms with Crippen molar-refractivity contribution >= 4 is 17.6 Å². The van der Waals surface area contributed by atoms with Crippen molar-refractivity contribution in [3.05, 3.63) is 29.8 Å². The van der Waals surface area contributed by atoms with E-state index in [0.717, 1.165) is 25.9 Å². The molecule has 1 heterocycles. The predicted octanol–water partition coefficient (Wildman–Crippen LogP) is 1.75. The van der Waals surface area contributed by atoms with Crippen molar-refractivity contribution in [2.75, 3.05) is 32.6 Å². The van der Waals surface area contributed by atoms with Crippen molar-refractivity contribution in [1.82, 2.24) is 4.90 Å². The lowest BCUT2D eigenvalue weighted by atomic mass is 9.97. The second kappa shape index (κ2) is 6.52. The molecule has 1 fully saturated rings. The Labute approximate surface area is 118 Å². The largest absolute Gasteiger partial charge is 0.465 e. The molecule has 5 heteroatoms. The highest BCUT2D eigenvalue weighted by atomic mass is 16.5. The van der Waals surface area contributed by atoms with Gasteiger partial charge in [-0.2, -0.15) is 0 Å². The number of benzene rings is 1.